The topological polar surface area (TPSA) is 89.6 Å². The van der Waals surface area contributed by atoms with Gasteiger partial charge in [0.05, 0.1) is 12.5 Å². The molecule has 1 heterocycles. The monoisotopic (exact) mass is 463 g/mol. The molecular formula is C17H26BrNO5SSi. The summed E-state index contributed by atoms with van der Waals surface area (Å²) in [4.78, 5) is 27.2. The smallest absolute Gasteiger partial charge is 0.359 e. The molecule has 0 aliphatic rings. The zero-order valence-corrected chi connectivity index (χ0v) is 19.4. The summed E-state index contributed by atoms with van der Waals surface area (Å²) in [6.07, 6.45) is 1.56. The van der Waals surface area contributed by atoms with E-state index >= 15 is 0 Å². The van der Waals surface area contributed by atoms with Crippen molar-refractivity contribution in [2.45, 2.75) is 69.9 Å². The molecule has 0 aliphatic heterocycles. The lowest BCUT2D eigenvalue weighted by Crippen LogP contribution is -2.44. The molecule has 9 heteroatoms. The lowest BCUT2D eigenvalue weighted by Gasteiger charge is -2.38. The van der Waals surface area contributed by atoms with Crippen LogP contribution < -0.4 is 0 Å². The van der Waals surface area contributed by atoms with Gasteiger partial charge in [-0.05, 0) is 35.6 Å². The fourth-order valence-corrected chi connectivity index (χ4v) is 3.79. The first-order valence-corrected chi connectivity index (χ1v) is 12.3. The first-order valence-electron chi connectivity index (χ1n) is 8.18. The molecule has 1 aromatic rings. The van der Waals surface area contributed by atoms with Gasteiger partial charge in [0.15, 0.2) is 13.4 Å². The summed E-state index contributed by atoms with van der Waals surface area (Å²) in [5.74, 6) is -1.34. The average molecular weight is 464 g/mol. The van der Waals surface area contributed by atoms with E-state index in [-0.39, 0.29) is 46.4 Å². The molecule has 0 radical (unpaired) electrons. The molecule has 1 atom stereocenters. The van der Waals surface area contributed by atoms with Crippen LogP contribution in [0.3, 0.4) is 0 Å². The fraction of sp³-hybridized carbons (Fsp3) is 0.588. The minimum Gasteiger partial charge on any atom is -0.476 e. The highest BCUT2D eigenvalue weighted by Gasteiger charge is 2.39. The van der Waals surface area contributed by atoms with Crippen molar-refractivity contribution in [1.29, 1.82) is 0 Å². The number of allylic oxidation sites excluding steroid dienone is 1. The predicted molar refractivity (Wildman–Crippen MR) is 109 cm³/mol. The van der Waals surface area contributed by atoms with Crippen molar-refractivity contribution in [2.24, 2.45) is 0 Å². The van der Waals surface area contributed by atoms with Crippen LogP contribution in [0.4, 0.5) is 0 Å². The van der Waals surface area contributed by atoms with Gasteiger partial charge in [0.1, 0.15) is 5.78 Å². The number of carboxylic acids is 1. The summed E-state index contributed by atoms with van der Waals surface area (Å²) >= 11 is 7.32. The Morgan fingerprint density at radius 2 is 2.00 bits per heavy atom. The third kappa shape index (κ3) is 6.68. The van der Waals surface area contributed by atoms with Gasteiger partial charge in [-0.3, -0.25) is 4.79 Å². The maximum Gasteiger partial charge on any atom is 0.359 e. The molecule has 1 N–H and O–H groups in total. The van der Waals surface area contributed by atoms with Crippen LogP contribution in [0.1, 0.15) is 50.5 Å². The minimum atomic E-state index is -2.06. The molecule has 0 aromatic carbocycles. The van der Waals surface area contributed by atoms with Gasteiger partial charge in [-0.2, -0.15) is 0 Å². The number of carbonyl (C=O) groups is 2. The third-order valence-corrected chi connectivity index (χ3v) is 9.37. The van der Waals surface area contributed by atoms with Gasteiger partial charge in [-0.1, -0.05) is 36.7 Å². The number of hydrogen-bond acceptors (Lipinski definition) is 6. The Hall–Kier alpha value is -0.903. The van der Waals surface area contributed by atoms with Gasteiger partial charge in [0.25, 0.3) is 0 Å². The molecule has 0 spiro atoms. The van der Waals surface area contributed by atoms with Crippen molar-refractivity contribution >= 4 is 48.6 Å². The van der Waals surface area contributed by atoms with Gasteiger partial charge in [0, 0.05) is 6.42 Å². The number of Topliss-reactive ketones (excluding diaryl/α,β-unsaturated/α-hetero) is 1. The number of thiol groups is 1. The summed E-state index contributed by atoms with van der Waals surface area (Å²) in [7, 11) is -2.06. The number of ketones is 1. The van der Waals surface area contributed by atoms with Crippen LogP contribution in [0.5, 0.6) is 0 Å². The van der Waals surface area contributed by atoms with Crippen LogP contribution in [0, 0.1) is 0 Å². The second kappa shape index (κ2) is 8.86. The maximum atomic E-state index is 12.4. The summed E-state index contributed by atoms with van der Waals surface area (Å²) in [5, 5.41) is 8.89. The Kier molecular flexibility index (Phi) is 7.88. The number of hydrogen-bond donors (Lipinski definition) is 2. The molecule has 0 fully saturated rings. The molecule has 146 valence electrons. The van der Waals surface area contributed by atoms with Gasteiger partial charge in [0.2, 0.25) is 11.6 Å². The van der Waals surface area contributed by atoms with E-state index in [1.165, 1.54) is 0 Å². The van der Waals surface area contributed by atoms with E-state index in [1.807, 2.05) is 13.0 Å². The van der Waals surface area contributed by atoms with Crippen LogP contribution >= 0.6 is 28.6 Å². The lowest BCUT2D eigenvalue weighted by molar-refractivity contribution is -0.119. The number of rotatable bonds is 8. The summed E-state index contributed by atoms with van der Waals surface area (Å²) in [5.41, 5.74) is -0.290. The van der Waals surface area contributed by atoms with Gasteiger partial charge >= 0.3 is 5.97 Å². The second-order valence-corrected chi connectivity index (χ2v) is 14.1. The largest absolute Gasteiger partial charge is 0.476 e. The summed E-state index contributed by atoms with van der Waals surface area (Å²) in [6.45, 7) is 12.5. The first kappa shape index (κ1) is 23.1. The first-order chi connectivity index (χ1) is 11.7. The second-order valence-electron chi connectivity index (χ2n) is 7.66. The van der Waals surface area contributed by atoms with E-state index in [0.717, 1.165) is 4.48 Å². The number of halogens is 1. The van der Waals surface area contributed by atoms with Crippen molar-refractivity contribution in [1.82, 2.24) is 4.98 Å². The number of carbonyl (C=O) groups excluding carboxylic acids is 1. The molecule has 0 amide bonds. The molecule has 26 heavy (non-hydrogen) atoms. The minimum absolute atomic E-state index is 0.0161. The van der Waals surface area contributed by atoms with Gasteiger partial charge in [-0.25, -0.2) is 9.78 Å². The fourth-order valence-electron chi connectivity index (χ4n) is 1.98. The van der Waals surface area contributed by atoms with E-state index in [2.05, 4.69) is 67.4 Å². The Bertz CT molecular complexity index is 704. The normalized spacial score (nSPS) is 14.4. The molecule has 0 saturated carbocycles. The van der Waals surface area contributed by atoms with Crippen molar-refractivity contribution < 1.29 is 23.5 Å². The number of nitrogens with zero attached hydrogens (tertiary/aromatic N) is 1. The molecule has 0 unspecified atom stereocenters. The van der Waals surface area contributed by atoms with Gasteiger partial charge in [-0.15, -0.1) is 12.6 Å². The van der Waals surface area contributed by atoms with E-state index < -0.39 is 14.3 Å². The number of carboxylic acid groups (broad SMARTS) is 1. The average Bonchev–Trinajstić information content (AvgIpc) is 2.76. The van der Waals surface area contributed by atoms with Crippen LogP contribution in [-0.4, -0.2) is 36.3 Å². The summed E-state index contributed by atoms with van der Waals surface area (Å²) < 4.78 is 12.4. The number of oxazole rings is 1. The highest BCUT2D eigenvalue weighted by molar-refractivity contribution is 9.11. The van der Waals surface area contributed by atoms with Crippen molar-refractivity contribution in [3.05, 3.63) is 22.1 Å². The SMILES string of the molecule is C/C(Br)=C\[C@H](CC(=O)Cc1nc(C(=O)O)c(S)o1)O[Si](C)(C)C(C)(C)C. The van der Waals surface area contributed by atoms with E-state index in [9.17, 15) is 9.59 Å². The van der Waals surface area contributed by atoms with Crippen molar-refractivity contribution in [3.63, 3.8) is 0 Å². The van der Waals surface area contributed by atoms with E-state index in [0.29, 0.717) is 0 Å². The Morgan fingerprint density at radius 3 is 2.42 bits per heavy atom. The van der Waals surface area contributed by atoms with E-state index in [4.69, 9.17) is 13.9 Å². The zero-order valence-electron chi connectivity index (χ0n) is 15.9. The molecule has 1 aromatic heterocycles. The Balaban J connectivity index is 2.88. The zero-order chi connectivity index (χ0) is 20.3. The van der Waals surface area contributed by atoms with Crippen LogP contribution in [-0.2, 0) is 15.6 Å². The van der Waals surface area contributed by atoms with Crippen LogP contribution in [0.25, 0.3) is 0 Å². The number of aromatic carboxylic acids is 1. The molecule has 6 nitrogen and oxygen atoms in total. The quantitative estimate of drug-likeness (QED) is 0.422. The Morgan fingerprint density at radius 1 is 1.42 bits per heavy atom. The molecule has 1 rings (SSSR count). The maximum absolute atomic E-state index is 12.4. The Labute approximate surface area is 169 Å². The lowest BCUT2D eigenvalue weighted by atomic mass is 10.1. The van der Waals surface area contributed by atoms with E-state index in [1.54, 1.807) is 0 Å². The predicted octanol–water partition coefficient (Wildman–Crippen LogP) is 4.85. The highest BCUT2D eigenvalue weighted by Crippen LogP contribution is 2.38. The molecule has 0 bridgehead atoms. The van der Waals surface area contributed by atoms with Crippen LogP contribution in [0.2, 0.25) is 18.1 Å². The van der Waals surface area contributed by atoms with Crippen LogP contribution in [0.15, 0.2) is 20.1 Å². The van der Waals surface area contributed by atoms with Gasteiger partial charge < -0.3 is 13.9 Å². The highest BCUT2D eigenvalue weighted by atomic mass is 79.9. The third-order valence-electron chi connectivity index (χ3n) is 4.30. The van der Waals surface area contributed by atoms with Crippen molar-refractivity contribution in [3.8, 4) is 0 Å². The van der Waals surface area contributed by atoms with Crippen molar-refractivity contribution in [2.75, 3.05) is 0 Å². The summed E-state index contributed by atoms with van der Waals surface area (Å²) in [6, 6.07) is 0. The number of aromatic nitrogens is 1. The molecule has 0 saturated heterocycles. The standard InChI is InChI=1S/C17H26BrNO5SSi/c1-10(18)7-12(24-26(5,6)17(2,3)4)8-11(20)9-13-19-14(15(21)22)16(25)23-13/h7,12,25H,8-9H2,1-6H3,(H,21,22)/b10-7+/t12-/m1/s1. The molecular weight excluding hydrogens is 438 g/mol. The molecule has 0 aliphatic carbocycles.